The van der Waals surface area contributed by atoms with Gasteiger partial charge in [0.25, 0.3) is 5.91 Å². The molecule has 3 heterocycles. The van der Waals surface area contributed by atoms with E-state index in [-0.39, 0.29) is 31.0 Å². The van der Waals surface area contributed by atoms with Gasteiger partial charge in [-0.25, -0.2) is 11.0 Å². The molecular weight excluding hydrogens is 561 g/mol. The molecule has 2 fully saturated rings. The first kappa shape index (κ1) is 29.6. The molecule has 6 rings (SSSR count). The normalized spacial score (nSPS) is 19.1. The molecule has 1 amide bonds. The van der Waals surface area contributed by atoms with Gasteiger partial charge in [-0.2, -0.15) is 9.97 Å². The van der Waals surface area contributed by atoms with Gasteiger partial charge in [0.05, 0.1) is 12.2 Å². The van der Waals surface area contributed by atoms with Crippen molar-refractivity contribution in [2.45, 2.75) is 50.9 Å². The van der Waals surface area contributed by atoms with E-state index in [4.69, 9.17) is 21.3 Å². The molecule has 2 aromatic carbocycles. The summed E-state index contributed by atoms with van der Waals surface area (Å²) in [6.45, 7) is 15.7. The smallest absolute Gasteiger partial charge is 0.318 e. The lowest BCUT2D eigenvalue weighted by atomic mass is 10.0. The van der Waals surface area contributed by atoms with Crippen LogP contribution in [0.1, 0.15) is 31.0 Å². The first-order chi connectivity index (χ1) is 21.2. The Morgan fingerprint density at radius 2 is 2.02 bits per heavy atom. The van der Waals surface area contributed by atoms with Crippen LogP contribution in [-0.4, -0.2) is 95.3 Å². The van der Waals surface area contributed by atoms with E-state index < -0.39 is 17.8 Å². The number of likely N-dealkylation sites (N-methyl/N-ethyl adjacent to an activating group) is 1. The summed E-state index contributed by atoms with van der Waals surface area (Å²) in [5.41, 5.74) is 2.77. The highest BCUT2D eigenvalue weighted by atomic mass is 19.1. The van der Waals surface area contributed by atoms with E-state index in [1.807, 2.05) is 25.1 Å². The fraction of sp³-hybridized carbons (Fsp3) is 0.455. The number of nitrogens with zero attached hydrogens (tertiary/aromatic N) is 7. The summed E-state index contributed by atoms with van der Waals surface area (Å²) in [4.78, 5) is 33.9. The zero-order valence-electron chi connectivity index (χ0n) is 25.2. The molecule has 11 heteroatoms. The summed E-state index contributed by atoms with van der Waals surface area (Å²) < 4.78 is 20.2. The maximum atomic E-state index is 13.8. The lowest BCUT2D eigenvalue weighted by molar-refractivity contribution is -0.131. The van der Waals surface area contributed by atoms with Crippen molar-refractivity contribution >= 4 is 28.2 Å². The molecule has 3 aliphatic rings. The van der Waals surface area contributed by atoms with Crippen molar-refractivity contribution in [3.63, 3.8) is 0 Å². The topological polar surface area (TPSA) is 89.6 Å². The Kier molecular flexibility index (Phi) is 8.27. The predicted molar refractivity (Wildman–Crippen MR) is 168 cm³/mol. The molecule has 0 bridgehead atoms. The average molecular weight is 600 g/mol. The third kappa shape index (κ3) is 6.13. The van der Waals surface area contributed by atoms with Gasteiger partial charge in [-0.3, -0.25) is 9.69 Å². The standard InChI is InChI=1S/C33H38FN7O3/c1-21(18-38(4)24-9-10-24)44-33-36-29-20-39(30-16-26(42)15-23-7-5-6-8-27(23)30)12-11-28(29)31(37-33)40-13-14-41(32(43)22(2)34)25(19-40)17-35-3/h5-8,15-16,21,24-25,42H,2,9-14,17-20H2,1,4H3/t21-,25-/m0/s1. The molecule has 0 radical (unpaired) electrons. The van der Waals surface area contributed by atoms with Gasteiger partial charge in [-0.1, -0.05) is 30.8 Å². The minimum Gasteiger partial charge on any atom is -0.508 e. The number of carbonyl (C=O) groups is 1. The quantitative estimate of drug-likeness (QED) is 0.290. The Morgan fingerprint density at radius 3 is 2.77 bits per heavy atom. The van der Waals surface area contributed by atoms with Crippen LogP contribution in [0.5, 0.6) is 11.8 Å². The number of amides is 1. The molecule has 0 unspecified atom stereocenters. The fourth-order valence-corrected chi connectivity index (χ4v) is 6.46. The maximum Gasteiger partial charge on any atom is 0.318 e. The predicted octanol–water partition coefficient (Wildman–Crippen LogP) is 4.18. The number of ether oxygens (including phenoxy) is 1. The number of phenols is 1. The molecule has 2 atom stereocenters. The van der Waals surface area contributed by atoms with E-state index >= 15 is 0 Å². The van der Waals surface area contributed by atoms with Gasteiger partial charge in [0.15, 0.2) is 5.83 Å². The summed E-state index contributed by atoms with van der Waals surface area (Å²) in [5, 5.41) is 12.5. The molecule has 230 valence electrons. The molecule has 1 N–H and O–H groups in total. The van der Waals surface area contributed by atoms with Crippen molar-refractivity contribution in [1.29, 1.82) is 0 Å². The first-order valence-electron chi connectivity index (χ1n) is 15.2. The maximum absolute atomic E-state index is 13.8. The number of anilines is 2. The average Bonchev–Trinajstić information content (AvgIpc) is 3.86. The van der Waals surface area contributed by atoms with Crippen molar-refractivity contribution in [2.75, 3.05) is 56.1 Å². The van der Waals surface area contributed by atoms with Crippen molar-refractivity contribution < 1.29 is 19.0 Å². The van der Waals surface area contributed by atoms with Crippen molar-refractivity contribution in [3.8, 4) is 11.8 Å². The zero-order chi connectivity index (χ0) is 31.0. The van der Waals surface area contributed by atoms with E-state index in [1.165, 1.54) is 17.7 Å². The van der Waals surface area contributed by atoms with E-state index in [0.717, 1.165) is 40.1 Å². The molecule has 44 heavy (non-hydrogen) atoms. The van der Waals surface area contributed by atoms with E-state index in [2.05, 4.69) is 39.2 Å². The van der Waals surface area contributed by atoms with Crippen LogP contribution >= 0.6 is 0 Å². The van der Waals surface area contributed by atoms with Crippen LogP contribution in [0.2, 0.25) is 0 Å². The van der Waals surface area contributed by atoms with E-state index in [1.54, 1.807) is 12.1 Å². The summed E-state index contributed by atoms with van der Waals surface area (Å²) in [5.74, 6) is -0.850. The van der Waals surface area contributed by atoms with Crippen LogP contribution in [0.4, 0.5) is 15.9 Å². The lowest BCUT2D eigenvalue weighted by Crippen LogP contribution is -2.57. The molecule has 0 spiro atoms. The van der Waals surface area contributed by atoms with Crippen molar-refractivity contribution in [1.82, 2.24) is 19.8 Å². The number of benzene rings is 2. The molecule has 10 nitrogen and oxygen atoms in total. The van der Waals surface area contributed by atoms with E-state index in [0.29, 0.717) is 38.6 Å². The number of halogens is 1. The summed E-state index contributed by atoms with van der Waals surface area (Å²) in [7, 11) is 2.11. The van der Waals surface area contributed by atoms with Crippen molar-refractivity contribution in [2.24, 2.45) is 0 Å². The lowest BCUT2D eigenvalue weighted by Gasteiger charge is -2.41. The second-order valence-electron chi connectivity index (χ2n) is 12.1. The van der Waals surface area contributed by atoms with Crippen LogP contribution < -0.4 is 14.5 Å². The SMILES string of the molecule is [C-]#[N+]C[C@H]1CN(c2nc(O[C@@H](C)CN(C)C3CC3)nc3c2CCN(c2cc(O)cc4ccccc24)C3)CCN1C(=O)C(=C)F. The highest BCUT2D eigenvalue weighted by Gasteiger charge is 2.36. The molecule has 3 aromatic rings. The Hall–Kier alpha value is -4.43. The number of carbonyl (C=O) groups excluding carboxylic acids is 1. The fourth-order valence-electron chi connectivity index (χ4n) is 6.46. The molecule has 2 aliphatic heterocycles. The number of aromatic nitrogens is 2. The molecule has 1 aliphatic carbocycles. The second kappa shape index (κ2) is 12.3. The largest absolute Gasteiger partial charge is 0.508 e. The van der Waals surface area contributed by atoms with Gasteiger partial charge in [0.1, 0.15) is 23.7 Å². The number of piperazine rings is 1. The number of phenolic OH excluding ortho intramolecular Hbond substituents is 1. The third-order valence-electron chi connectivity index (χ3n) is 8.79. The van der Waals surface area contributed by atoms with Crippen LogP contribution in [0.25, 0.3) is 15.6 Å². The molecule has 1 saturated carbocycles. The highest BCUT2D eigenvalue weighted by molar-refractivity contribution is 5.95. The summed E-state index contributed by atoms with van der Waals surface area (Å²) in [6.07, 6.45) is 2.93. The van der Waals surface area contributed by atoms with Crippen LogP contribution in [0, 0.1) is 6.57 Å². The second-order valence-corrected chi connectivity index (χ2v) is 12.1. The van der Waals surface area contributed by atoms with Gasteiger partial charge in [-0.05, 0) is 44.7 Å². The van der Waals surface area contributed by atoms with Gasteiger partial charge >= 0.3 is 6.01 Å². The Morgan fingerprint density at radius 1 is 1.23 bits per heavy atom. The molecule has 1 saturated heterocycles. The van der Waals surface area contributed by atoms with Gasteiger partial charge in [-0.15, -0.1) is 0 Å². The van der Waals surface area contributed by atoms with Crippen molar-refractivity contribution in [3.05, 3.63) is 71.5 Å². The summed E-state index contributed by atoms with van der Waals surface area (Å²) in [6, 6.07) is 12.0. The minimum atomic E-state index is -1.02. The van der Waals surface area contributed by atoms with E-state index in [9.17, 15) is 14.3 Å². The monoisotopic (exact) mass is 599 g/mol. The Labute approximate surface area is 257 Å². The molecular formula is C33H38FN7O3. The zero-order valence-corrected chi connectivity index (χ0v) is 25.2. The molecule has 1 aromatic heterocycles. The minimum absolute atomic E-state index is 0.0506. The van der Waals surface area contributed by atoms with Crippen LogP contribution in [-0.2, 0) is 17.8 Å². The van der Waals surface area contributed by atoms with Crippen LogP contribution in [0.15, 0.2) is 48.8 Å². The highest BCUT2D eigenvalue weighted by Crippen LogP contribution is 2.37. The third-order valence-corrected chi connectivity index (χ3v) is 8.79. The summed E-state index contributed by atoms with van der Waals surface area (Å²) >= 11 is 0. The van der Waals surface area contributed by atoms with Gasteiger partial charge < -0.3 is 29.4 Å². The van der Waals surface area contributed by atoms with Gasteiger partial charge in [0.2, 0.25) is 6.54 Å². The Bertz CT molecular complexity index is 1620. The Balaban J connectivity index is 1.33. The number of rotatable bonds is 9. The number of aromatic hydroxyl groups is 1. The number of hydrogen-bond acceptors (Lipinski definition) is 8. The number of fused-ring (bicyclic) bond motifs is 2. The van der Waals surface area contributed by atoms with Crippen LogP contribution in [0.3, 0.4) is 0 Å². The first-order valence-corrected chi connectivity index (χ1v) is 15.2. The van der Waals surface area contributed by atoms with Gasteiger partial charge in [0, 0.05) is 61.5 Å². The number of hydrogen-bond donors (Lipinski definition) is 1.